The summed E-state index contributed by atoms with van der Waals surface area (Å²) >= 11 is 0. The molecule has 0 aliphatic rings. The standard InChI is InChI=1S/C10H10FN3/c1-2-8-9(11)4-3-5-10(8)14-7-12-6-13-14/h3-7H,2H2,1H3. The van der Waals surface area contributed by atoms with Gasteiger partial charge in [0.05, 0.1) is 5.69 Å². The Labute approximate surface area is 81.2 Å². The lowest BCUT2D eigenvalue weighted by Gasteiger charge is -2.07. The zero-order valence-electron chi connectivity index (χ0n) is 7.81. The van der Waals surface area contributed by atoms with E-state index in [1.54, 1.807) is 17.1 Å². The van der Waals surface area contributed by atoms with Crippen molar-refractivity contribution in [3.05, 3.63) is 42.2 Å². The zero-order valence-corrected chi connectivity index (χ0v) is 7.81. The smallest absolute Gasteiger partial charge is 0.138 e. The van der Waals surface area contributed by atoms with E-state index in [0.717, 1.165) is 5.69 Å². The summed E-state index contributed by atoms with van der Waals surface area (Å²) < 4.78 is 15.0. The van der Waals surface area contributed by atoms with Gasteiger partial charge in [0.25, 0.3) is 0 Å². The molecule has 0 amide bonds. The van der Waals surface area contributed by atoms with Crippen molar-refractivity contribution in [2.75, 3.05) is 0 Å². The van der Waals surface area contributed by atoms with E-state index in [4.69, 9.17) is 0 Å². The molecule has 1 aromatic carbocycles. The second-order valence-corrected chi connectivity index (χ2v) is 2.93. The molecule has 4 heteroatoms. The molecule has 14 heavy (non-hydrogen) atoms. The Morgan fingerprint density at radius 3 is 2.93 bits per heavy atom. The maximum atomic E-state index is 13.4. The Bertz CT molecular complexity index is 423. The minimum absolute atomic E-state index is 0.194. The molecule has 0 aliphatic heterocycles. The van der Waals surface area contributed by atoms with Crippen molar-refractivity contribution in [2.24, 2.45) is 0 Å². The van der Waals surface area contributed by atoms with E-state index >= 15 is 0 Å². The van der Waals surface area contributed by atoms with Gasteiger partial charge in [0, 0.05) is 5.56 Å². The fraction of sp³-hybridized carbons (Fsp3) is 0.200. The zero-order chi connectivity index (χ0) is 9.97. The van der Waals surface area contributed by atoms with Crippen LogP contribution in [0.15, 0.2) is 30.9 Å². The molecule has 72 valence electrons. The Kier molecular flexibility index (Phi) is 2.26. The van der Waals surface area contributed by atoms with Gasteiger partial charge in [0.1, 0.15) is 18.5 Å². The number of nitrogens with zero attached hydrogens (tertiary/aromatic N) is 3. The summed E-state index contributed by atoms with van der Waals surface area (Å²) in [5, 5.41) is 3.98. The van der Waals surface area contributed by atoms with Crippen molar-refractivity contribution in [1.82, 2.24) is 14.8 Å². The minimum Gasteiger partial charge on any atom is -0.223 e. The monoisotopic (exact) mass is 191 g/mol. The van der Waals surface area contributed by atoms with Crippen LogP contribution in [0.2, 0.25) is 0 Å². The topological polar surface area (TPSA) is 30.7 Å². The first-order valence-electron chi connectivity index (χ1n) is 4.45. The first kappa shape index (κ1) is 8.87. The second-order valence-electron chi connectivity index (χ2n) is 2.93. The quantitative estimate of drug-likeness (QED) is 0.726. The van der Waals surface area contributed by atoms with E-state index in [2.05, 4.69) is 10.1 Å². The maximum Gasteiger partial charge on any atom is 0.138 e. The molecule has 0 unspecified atom stereocenters. The molecule has 0 atom stereocenters. The fourth-order valence-corrected chi connectivity index (χ4v) is 1.44. The molecular formula is C10H10FN3. The summed E-state index contributed by atoms with van der Waals surface area (Å²) in [6.45, 7) is 1.92. The van der Waals surface area contributed by atoms with Crippen LogP contribution in [0.1, 0.15) is 12.5 Å². The lowest BCUT2D eigenvalue weighted by atomic mass is 10.1. The number of halogens is 1. The minimum atomic E-state index is -0.194. The van der Waals surface area contributed by atoms with E-state index < -0.39 is 0 Å². The van der Waals surface area contributed by atoms with Crippen molar-refractivity contribution in [2.45, 2.75) is 13.3 Å². The van der Waals surface area contributed by atoms with Crippen LogP contribution >= 0.6 is 0 Å². The van der Waals surface area contributed by atoms with Gasteiger partial charge in [-0.3, -0.25) is 0 Å². The molecule has 2 aromatic rings. The van der Waals surface area contributed by atoms with Gasteiger partial charge >= 0.3 is 0 Å². The van der Waals surface area contributed by atoms with Gasteiger partial charge in [0.15, 0.2) is 0 Å². The third-order valence-electron chi connectivity index (χ3n) is 2.11. The highest BCUT2D eigenvalue weighted by Gasteiger charge is 2.07. The van der Waals surface area contributed by atoms with Crippen LogP contribution < -0.4 is 0 Å². The predicted octanol–water partition coefficient (Wildman–Crippen LogP) is 1.97. The highest BCUT2D eigenvalue weighted by atomic mass is 19.1. The molecule has 0 N–H and O–H groups in total. The molecule has 3 nitrogen and oxygen atoms in total. The molecule has 0 saturated carbocycles. The lowest BCUT2D eigenvalue weighted by molar-refractivity contribution is 0.608. The largest absolute Gasteiger partial charge is 0.223 e. The normalized spacial score (nSPS) is 10.4. The highest BCUT2D eigenvalue weighted by Crippen LogP contribution is 2.17. The fourth-order valence-electron chi connectivity index (χ4n) is 1.44. The van der Waals surface area contributed by atoms with Gasteiger partial charge in [0.2, 0.25) is 0 Å². The average Bonchev–Trinajstić information content (AvgIpc) is 2.70. The molecule has 0 bridgehead atoms. The predicted molar refractivity (Wildman–Crippen MR) is 50.7 cm³/mol. The SMILES string of the molecule is CCc1c(F)cccc1-n1cncn1. The van der Waals surface area contributed by atoms with Gasteiger partial charge < -0.3 is 0 Å². The summed E-state index contributed by atoms with van der Waals surface area (Å²) in [5.41, 5.74) is 1.42. The molecule has 0 radical (unpaired) electrons. The van der Waals surface area contributed by atoms with E-state index in [1.807, 2.05) is 13.0 Å². The Morgan fingerprint density at radius 1 is 1.43 bits per heavy atom. The third kappa shape index (κ3) is 1.39. The van der Waals surface area contributed by atoms with E-state index in [1.165, 1.54) is 12.4 Å². The highest BCUT2D eigenvalue weighted by molar-refractivity contribution is 5.40. The average molecular weight is 191 g/mol. The summed E-state index contributed by atoms with van der Waals surface area (Å²) in [6, 6.07) is 4.96. The third-order valence-corrected chi connectivity index (χ3v) is 2.11. The maximum absolute atomic E-state index is 13.4. The number of aromatic nitrogens is 3. The second kappa shape index (κ2) is 3.57. The van der Waals surface area contributed by atoms with Crippen molar-refractivity contribution >= 4 is 0 Å². The Balaban J connectivity index is 2.58. The van der Waals surface area contributed by atoms with Crippen LogP contribution in [-0.4, -0.2) is 14.8 Å². The number of rotatable bonds is 2. The van der Waals surface area contributed by atoms with Gasteiger partial charge in [-0.15, -0.1) is 0 Å². The van der Waals surface area contributed by atoms with Crippen molar-refractivity contribution < 1.29 is 4.39 Å². The van der Waals surface area contributed by atoms with Crippen LogP contribution in [0.25, 0.3) is 5.69 Å². The van der Waals surface area contributed by atoms with Crippen molar-refractivity contribution in [3.8, 4) is 5.69 Å². The van der Waals surface area contributed by atoms with E-state index in [0.29, 0.717) is 12.0 Å². The lowest BCUT2D eigenvalue weighted by Crippen LogP contribution is -2.01. The molecule has 0 saturated heterocycles. The molecular weight excluding hydrogens is 181 g/mol. The summed E-state index contributed by atoms with van der Waals surface area (Å²) in [6.07, 6.45) is 3.64. The summed E-state index contributed by atoms with van der Waals surface area (Å²) in [4.78, 5) is 3.83. The number of hydrogen-bond acceptors (Lipinski definition) is 2. The molecule has 1 heterocycles. The summed E-state index contributed by atoms with van der Waals surface area (Å²) in [5.74, 6) is -0.194. The Morgan fingerprint density at radius 2 is 2.29 bits per heavy atom. The molecule has 1 aromatic heterocycles. The van der Waals surface area contributed by atoms with Crippen LogP contribution in [0.4, 0.5) is 4.39 Å². The molecule has 0 spiro atoms. The number of benzene rings is 1. The summed E-state index contributed by atoms with van der Waals surface area (Å²) in [7, 11) is 0. The first-order valence-corrected chi connectivity index (χ1v) is 4.45. The molecule has 0 fully saturated rings. The van der Waals surface area contributed by atoms with Crippen LogP contribution in [-0.2, 0) is 6.42 Å². The van der Waals surface area contributed by atoms with Crippen molar-refractivity contribution in [3.63, 3.8) is 0 Å². The molecule has 0 aliphatic carbocycles. The van der Waals surface area contributed by atoms with Crippen LogP contribution in [0, 0.1) is 5.82 Å². The first-order chi connectivity index (χ1) is 6.83. The van der Waals surface area contributed by atoms with Crippen molar-refractivity contribution in [1.29, 1.82) is 0 Å². The van der Waals surface area contributed by atoms with Gasteiger partial charge in [-0.05, 0) is 18.6 Å². The van der Waals surface area contributed by atoms with Gasteiger partial charge in [-0.2, -0.15) is 5.10 Å². The van der Waals surface area contributed by atoms with Gasteiger partial charge in [-0.1, -0.05) is 13.0 Å². The molecule has 2 rings (SSSR count). The Hall–Kier alpha value is -1.71. The van der Waals surface area contributed by atoms with Crippen LogP contribution in [0.3, 0.4) is 0 Å². The van der Waals surface area contributed by atoms with E-state index in [9.17, 15) is 4.39 Å². The van der Waals surface area contributed by atoms with E-state index in [-0.39, 0.29) is 5.82 Å². The van der Waals surface area contributed by atoms with Gasteiger partial charge in [-0.25, -0.2) is 14.1 Å². The number of hydrogen-bond donors (Lipinski definition) is 0. The van der Waals surface area contributed by atoms with Crippen LogP contribution in [0.5, 0.6) is 0 Å².